The number of hydrogen-bond acceptors (Lipinski definition) is 4. The Morgan fingerprint density at radius 2 is 2.23 bits per heavy atom. The van der Waals surface area contributed by atoms with Gasteiger partial charge in [-0.15, -0.1) is 0 Å². The zero-order chi connectivity index (χ0) is 10.5. The molecule has 0 bridgehead atoms. The van der Waals surface area contributed by atoms with Crippen LogP contribution in [0.15, 0.2) is 12.7 Å². The summed E-state index contributed by atoms with van der Waals surface area (Å²) in [5.74, 6) is -0.666. The van der Waals surface area contributed by atoms with Crippen molar-refractivity contribution in [2.24, 2.45) is 0 Å². The highest BCUT2D eigenvalue weighted by atomic mass is 31.2. The molecule has 13 heavy (non-hydrogen) atoms. The van der Waals surface area contributed by atoms with Crippen LogP contribution >= 0.6 is 7.82 Å². The molecule has 76 valence electrons. The predicted octanol–water partition coefficient (Wildman–Crippen LogP) is 0.213. The van der Waals surface area contributed by atoms with Gasteiger partial charge in [0.25, 0.3) is 0 Å². The molecule has 1 atom stereocenters. The van der Waals surface area contributed by atoms with Crippen LogP contribution in [0.1, 0.15) is 6.92 Å². The van der Waals surface area contributed by atoms with Gasteiger partial charge >= 0.3 is 13.8 Å². The molecule has 0 rings (SSSR count). The molecule has 6 nitrogen and oxygen atoms in total. The van der Waals surface area contributed by atoms with Crippen molar-refractivity contribution < 1.29 is 28.4 Å². The van der Waals surface area contributed by atoms with Crippen molar-refractivity contribution in [1.29, 1.82) is 0 Å². The van der Waals surface area contributed by atoms with E-state index < -0.39 is 19.9 Å². The van der Waals surface area contributed by atoms with Crippen LogP contribution in [0, 0.1) is 0 Å². The second-order valence-electron chi connectivity index (χ2n) is 2.24. The van der Waals surface area contributed by atoms with Crippen molar-refractivity contribution in [3.05, 3.63) is 12.7 Å². The number of esters is 1. The molecule has 0 spiro atoms. The Labute approximate surface area is 75.4 Å². The Morgan fingerprint density at radius 3 is 2.62 bits per heavy atom. The largest absolute Gasteiger partial charge is 0.469 e. The Bertz CT molecular complexity index is 231. The van der Waals surface area contributed by atoms with E-state index in [1.54, 1.807) is 0 Å². The molecule has 0 radical (unpaired) electrons. The van der Waals surface area contributed by atoms with Gasteiger partial charge in [-0.2, -0.15) is 0 Å². The number of rotatable bonds is 5. The lowest BCUT2D eigenvalue weighted by molar-refractivity contribution is -0.140. The van der Waals surface area contributed by atoms with E-state index in [1.165, 1.54) is 6.92 Å². The molecular weight excluding hydrogens is 199 g/mol. The average molecular weight is 210 g/mol. The van der Waals surface area contributed by atoms with E-state index >= 15 is 0 Å². The predicted molar refractivity (Wildman–Crippen MR) is 43.7 cm³/mol. The summed E-state index contributed by atoms with van der Waals surface area (Å²) < 4.78 is 18.9. The third-order valence-corrected chi connectivity index (χ3v) is 1.58. The van der Waals surface area contributed by atoms with Crippen LogP contribution in [-0.4, -0.2) is 28.5 Å². The maximum atomic E-state index is 10.5. The lowest BCUT2D eigenvalue weighted by atomic mass is 10.4. The third-order valence-electron chi connectivity index (χ3n) is 0.944. The Hall–Kier alpha value is -0.680. The maximum absolute atomic E-state index is 10.5. The maximum Gasteiger partial charge on any atom is 0.469 e. The van der Waals surface area contributed by atoms with Gasteiger partial charge < -0.3 is 14.5 Å². The van der Waals surface area contributed by atoms with E-state index in [2.05, 4.69) is 15.8 Å². The van der Waals surface area contributed by atoms with E-state index in [4.69, 9.17) is 9.79 Å². The number of phosphoric ester groups is 1. The summed E-state index contributed by atoms with van der Waals surface area (Å²) in [6.07, 6.45) is 0.0919. The van der Waals surface area contributed by atoms with Crippen LogP contribution in [0.5, 0.6) is 0 Å². The first-order valence-corrected chi connectivity index (χ1v) is 4.91. The average Bonchev–Trinajstić information content (AvgIpc) is 1.97. The molecule has 0 aliphatic rings. The fourth-order valence-electron chi connectivity index (χ4n) is 0.523. The van der Waals surface area contributed by atoms with Gasteiger partial charge in [-0.25, -0.2) is 9.36 Å². The van der Waals surface area contributed by atoms with Crippen LogP contribution in [0.2, 0.25) is 0 Å². The Morgan fingerprint density at radius 1 is 1.69 bits per heavy atom. The summed E-state index contributed by atoms with van der Waals surface area (Å²) >= 11 is 0. The molecule has 0 saturated carbocycles. The summed E-state index contributed by atoms with van der Waals surface area (Å²) in [5.41, 5.74) is 0. The second-order valence-corrected chi connectivity index (χ2v) is 3.43. The molecule has 0 aliphatic carbocycles. The summed E-state index contributed by atoms with van der Waals surface area (Å²) in [6, 6.07) is 0. The highest BCUT2D eigenvalue weighted by molar-refractivity contribution is 7.46. The molecule has 0 aromatic heterocycles. The second kappa shape index (κ2) is 5.14. The lowest BCUT2D eigenvalue weighted by Crippen LogP contribution is -2.16. The first-order valence-electron chi connectivity index (χ1n) is 3.38. The molecule has 0 aromatic carbocycles. The van der Waals surface area contributed by atoms with E-state index in [0.29, 0.717) is 0 Å². The molecule has 0 aliphatic heterocycles. The van der Waals surface area contributed by atoms with Gasteiger partial charge in [-0.05, 0) is 6.92 Å². The molecular formula is C6H11O6P. The number of phosphoric acid groups is 1. The van der Waals surface area contributed by atoms with Gasteiger partial charge in [-0.3, -0.25) is 4.52 Å². The molecule has 0 fully saturated rings. The van der Waals surface area contributed by atoms with Crippen LogP contribution in [0.4, 0.5) is 0 Å². The van der Waals surface area contributed by atoms with Crippen molar-refractivity contribution in [1.82, 2.24) is 0 Å². The number of hydrogen-bond donors (Lipinski definition) is 2. The lowest BCUT2D eigenvalue weighted by Gasteiger charge is -2.12. The number of ether oxygens (including phenoxy) is 1. The van der Waals surface area contributed by atoms with Gasteiger partial charge in [0, 0.05) is 6.08 Å². The van der Waals surface area contributed by atoms with Crippen molar-refractivity contribution in [2.45, 2.75) is 13.0 Å². The van der Waals surface area contributed by atoms with Crippen LogP contribution in [0.3, 0.4) is 0 Å². The quantitative estimate of drug-likeness (QED) is 0.383. The van der Waals surface area contributed by atoms with Crippen LogP contribution < -0.4 is 0 Å². The fourth-order valence-corrected chi connectivity index (χ4v) is 1.05. The zero-order valence-electron chi connectivity index (χ0n) is 7.04. The molecule has 7 heteroatoms. The summed E-state index contributed by atoms with van der Waals surface area (Å²) in [6.45, 7) is 4.29. The van der Waals surface area contributed by atoms with Crippen LogP contribution in [0.25, 0.3) is 0 Å². The Kier molecular flexibility index (Phi) is 4.87. The minimum atomic E-state index is -4.51. The molecule has 1 unspecified atom stereocenters. The van der Waals surface area contributed by atoms with E-state index in [0.717, 1.165) is 6.08 Å². The smallest absolute Gasteiger partial charge is 0.460 e. The molecule has 0 amide bonds. The van der Waals surface area contributed by atoms with E-state index in [1.807, 2.05) is 0 Å². The number of carbonyl (C=O) groups is 1. The minimum Gasteiger partial charge on any atom is -0.460 e. The van der Waals surface area contributed by atoms with Crippen molar-refractivity contribution in [2.75, 3.05) is 6.61 Å². The first-order chi connectivity index (χ1) is 5.85. The van der Waals surface area contributed by atoms with E-state index in [9.17, 15) is 9.36 Å². The summed E-state index contributed by atoms with van der Waals surface area (Å²) in [7, 11) is -4.51. The summed E-state index contributed by atoms with van der Waals surface area (Å²) in [5, 5.41) is 0. The number of carbonyl (C=O) groups excluding carboxylic acids is 1. The molecule has 0 saturated heterocycles. The molecule has 0 heterocycles. The van der Waals surface area contributed by atoms with Gasteiger partial charge in [-0.1, -0.05) is 6.58 Å². The highest BCUT2D eigenvalue weighted by Gasteiger charge is 2.19. The van der Waals surface area contributed by atoms with Crippen molar-refractivity contribution in [3.8, 4) is 0 Å². The first kappa shape index (κ1) is 12.3. The van der Waals surface area contributed by atoms with Crippen LogP contribution in [-0.2, 0) is 18.6 Å². The van der Waals surface area contributed by atoms with Crippen molar-refractivity contribution in [3.63, 3.8) is 0 Å². The highest BCUT2D eigenvalue weighted by Crippen LogP contribution is 2.37. The third kappa shape index (κ3) is 7.67. The van der Waals surface area contributed by atoms with Gasteiger partial charge in [0.15, 0.2) is 0 Å². The van der Waals surface area contributed by atoms with Gasteiger partial charge in [0.1, 0.15) is 12.7 Å². The van der Waals surface area contributed by atoms with Gasteiger partial charge in [0.2, 0.25) is 0 Å². The minimum absolute atomic E-state index is 0.226. The fraction of sp³-hybridized carbons (Fsp3) is 0.500. The Balaban J connectivity index is 3.76. The molecule has 2 N–H and O–H groups in total. The standard InChI is InChI=1S/C6H11O6P/c1-3-6(7)11-4-5(2)12-13(8,9)10/h3,5H,1,4H2,2H3,(H2,8,9,10). The summed E-state index contributed by atoms with van der Waals surface area (Å²) in [4.78, 5) is 27.2. The SMILES string of the molecule is C=CC(=O)OCC(C)OP(=O)(O)O. The molecule has 0 aromatic rings. The normalized spacial score (nSPS) is 13.5. The van der Waals surface area contributed by atoms with E-state index in [-0.39, 0.29) is 6.61 Å². The van der Waals surface area contributed by atoms with Gasteiger partial charge in [0.05, 0.1) is 0 Å². The van der Waals surface area contributed by atoms with Crippen molar-refractivity contribution >= 4 is 13.8 Å². The topological polar surface area (TPSA) is 93.1 Å². The monoisotopic (exact) mass is 210 g/mol. The zero-order valence-corrected chi connectivity index (χ0v) is 7.94.